The van der Waals surface area contributed by atoms with Crippen LogP contribution in [-0.4, -0.2) is 26.7 Å². The van der Waals surface area contributed by atoms with Crippen LogP contribution in [0.5, 0.6) is 0 Å². The second-order valence-corrected chi connectivity index (χ2v) is 5.18. The van der Waals surface area contributed by atoms with Crippen molar-refractivity contribution in [1.82, 2.24) is 14.3 Å². The van der Waals surface area contributed by atoms with Gasteiger partial charge in [0.1, 0.15) is 5.65 Å². The molecule has 2 heterocycles. The molecule has 102 valence electrons. The predicted molar refractivity (Wildman–Crippen MR) is 75.7 cm³/mol. The van der Waals surface area contributed by atoms with Crippen LogP contribution in [0.2, 0.25) is 0 Å². The molecule has 19 heavy (non-hydrogen) atoms. The number of amides is 1. The molecule has 0 saturated carbocycles. The smallest absolute Gasteiger partial charge is 0.223 e. The molecule has 0 N–H and O–H groups in total. The number of rotatable bonds is 5. The summed E-state index contributed by atoms with van der Waals surface area (Å²) in [6.07, 6.45) is 4.43. The van der Waals surface area contributed by atoms with Gasteiger partial charge in [-0.25, -0.2) is 4.98 Å². The van der Waals surface area contributed by atoms with Gasteiger partial charge in [0.2, 0.25) is 5.91 Å². The Labute approximate surface area is 114 Å². The molecular formula is C15H21N3O. The highest BCUT2D eigenvalue weighted by atomic mass is 16.2. The number of aromatic nitrogens is 2. The maximum atomic E-state index is 12.1. The van der Waals surface area contributed by atoms with Crippen LogP contribution in [-0.2, 0) is 11.3 Å². The Morgan fingerprint density at radius 3 is 2.89 bits per heavy atom. The summed E-state index contributed by atoms with van der Waals surface area (Å²) in [5.41, 5.74) is 1.97. The van der Waals surface area contributed by atoms with Crippen molar-refractivity contribution >= 4 is 11.6 Å². The molecule has 2 aromatic rings. The molecule has 0 aliphatic carbocycles. The van der Waals surface area contributed by atoms with E-state index in [1.165, 1.54) is 0 Å². The van der Waals surface area contributed by atoms with Gasteiger partial charge in [-0.2, -0.15) is 0 Å². The number of hydrogen-bond donors (Lipinski definition) is 0. The topological polar surface area (TPSA) is 37.6 Å². The Kier molecular flexibility index (Phi) is 4.20. The van der Waals surface area contributed by atoms with Gasteiger partial charge in [0.05, 0.1) is 18.4 Å². The van der Waals surface area contributed by atoms with Crippen LogP contribution >= 0.6 is 0 Å². The Morgan fingerprint density at radius 1 is 1.42 bits per heavy atom. The third-order valence-corrected chi connectivity index (χ3v) is 3.16. The lowest BCUT2D eigenvalue weighted by Gasteiger charge is -2.21. The molecule has 4 nitrogen and oxygen atoms in total. The molecule has 0 fully saturated rings. The quantitative estimate of drug-likeness (QED) is 0.828. The summed E-state index contributed by atoms with van der Waals surface area (Å²) in [7, 11) is 0. The van der Waals surface area contributed by atoms with Crippen molar-refractivity contribution in [2.24, 2.45) is 5.92 Å². The Bertz CT molecular complexity index is 559. The first-order valence-corrected chi connectivity index (χ1v) is 6.80. The zero-order valence-corrected chi connectivity index (χ0v) is 11.8. The molecule has 0 saturated heterocycles. The van der Waals surface area contributed by atoms with Gasteiger partial charge in [-0.15, -0.1) is 0 Å². The van der Waals surface area contributed by atoms with E-state index in [1.54, 1.807) is 0 Å². The van der Waals surface area contributed by atoms with Gasteiger partial charge >= 0.3 is 0 Å². The van der Waals surface area contributed by atoms with Gasteiger partial charge in [0, 0.05) is 19.2 Å². The number of nitrogens with zero attached hydrogens (tertiary/aromatic N) is 3. The number of carbonyl (C=O) groups is 1. The maximum absolute atomic E-state index is 12.1. The minimum atomic E-state index is 0.211. The van der Waals surface area contributed by atoms with Crippen LogP contribution in [0.1, 0.15) is 32.9 Å². The van der Waals surface area contributed by atoms with Crippen molar-refractivity contribution < 1.29 is 4.79 Å². The van der Waals surface area contributed by atoms with Crippen LogP contribution in [0.25, 0.3) is 5.65 Å². The second kappa shape index (κ2) is 5.87. The molecule has 0 aliphatic heterocycles. The molecule has 0 atom stereocenters. The highest BCUT2D eigenvalue weighted by Crippen LogP contribution is 2.11. The number of hydrogen-bond acceptors (Lipinski definition) is 2. The Hall–Kier alpha value is -1.84. The monoisotopic (exact) mass is 259 g/mol. The van der Waals surface area contributed by atoms with Crippen LogP contribution in [0.15, 0.2) is 30.6 Å². The van der Waals surface area contributed by atoms with E-state index in [0.717, 1.165) is 17.9 Å². The van der Waals surface area contributed by atoms with E-state index in [9.17, 15) is 4.79 Å². The van der Waals surface area contributed by atoms with Crippen molar-refractivity contribution in [3.63, 3.8) is 0 Å². The van der Waals surface area contributed by atoms with Crippen molar-refractivity contribution in [2.45, 2.75) is 33.7 Å². The summed E-state index contributed by atoms with van der Waals surface area (Å²) >= 11 is 0. The zero-order chi connectivity index (χ0) is 13.8. The van der Waals surface area contributed by atoms with E-state index < -0.39 is 0 Å². The molecule has 1 amide bonds. The minimum Gasteiger partial charge on any atom is -0.337 e. The van der Waals surface area contributed by atoms with Crippen molar-refractivity contribution in [3.8, 4) is 0 Å². The average Bonchev–Trinajstić information content (AvgIpc) is 2.78. The summed E-state index contributed by atoms with van der Waals surface area (Å²) in [4.78, 5) is 18.4. The van der Waals surface area contributed by atoms with Gasteiger partial charge in [0.15, 0.2) is 0 Å². The van der Waals surface area contributed by atoms with E-state index in [1.807, 2.05) is 46.8 Å². The van der Waals surface area contributed by atoms with Gasteiger partial charge < -0.3 is 9.30 Å². The predicted octanol–water partition coefficient (Wildman–Crippen LogP) is 2.73. The summed E-state index contributed by atoms with van der Waals surface area (Å²) in [5, 5.41) is 0. The van der Waals surface area contributed by atoms with Gasteiger partial charge in [0.25, 0.3) is 0 Å². The fourth-order valence-electron chi connectivity index (χ4n) is 2.15. The lowest BCUT2D eigenvalue weighted by Crippen LogP contribution is -2.31. The molecule has 0 aromatic carbocycles. The minimum absolute atomic E-state index is 0.211. The van der Waals surface area contributed by atoms with Crippen molar-refractivity contribution in [2.75, 3.05) is 6.54 Å². The first-order valence-electron chi connectivity index (χ1n) is 6.80. The normalized spacial score (nSPS) is 11.2. The molecule has 2 rings (SSSR count). The highest BCUT2D eigenvalue weighted by Gasteiger charge is 2.15. The molecular weight excluding hydrogens is 238 g/mol. The number of imidazole rings is 1. The average molecular weight is 259 g/mol. The largest absolute Gasteiger partial charge is 0.337 e. The van der Waals surface area contributed by atoms with Crippen LogP contribution in [0.3, 0.4) is 0 Å². The molecule has 0 unspecified atom stereocenters. The molecule has 0 aliphatic rings. The fraction of sp³-hybridized carbons (Fsp3) is 0.467. The van der Waals surface area contributed by atoms with E-state index in [4.69, 9.17) is 0 Å². The summed E-state index contributed by atoms with van der Waals surface area (Å²) < 4.78 is 2.03. The standard InChI is InChI=1S/C15H21N3O/c1-4-17(15(19)9-12(2)3)11-13-10-16-14-7-5-6-8-18(13)14/h5-8,10,12H,4,9,11H2,1-3H3. The lowest BCUT2D eigenvalue weighted by atomic mass is 10.1. The molecule has 0 spiro atoms. The zero-order valence-electron chi connectivity index (χ0n) is 11.8. The highest BCUT2D eigenvalue weighted by molar-refractivity contribution is 5.76. The molecule has 2 aromatic heterocycles. The molecule has 0 bridgehead atoms. The van der Waals surface area contributed by atoms with Gasteiger partial charge in [-0.05, 0) is 25.0 Å². The number of carbonyl (C=O) groups excluding carboxylic acids is 1. The summed E-state index contributed by atoms with van der Waals surface area (Å²) in [5.74, 6) is 0.604. The third kappa shape index (κ3) is 3.13. The van der Waals surface area contributed by atoms with Crippen molar-refractivity contribution in [1.29, 1.82) is 0 Å². The Balaban J connectivity index is 2.16. The first kappa shape index (κ1) is 13.6. The first-order chi connectivity index (χ1) is 9.11. The Morgan fingerprint density at radius 2 is 2.21 bits per heavy atom. The fourth-order valence-corrected chi connectivity index (χ4v) is 2.15. The summed E-state index contributed by atoms with van der Waals surface area (Å²) in [6, 6.07) is 5.91. The van der Waals surface area contributed by atoms with Crippen LogP contribution in [0, 0.1) is 5.92 Å². The SMILES string of the molecule is CCN(Cc1cnc2ccccn12)C(=O)CC(C)C. The van der Waals surface area contributed by atoms with Gasteiger partial charge in [-0.3, -0.25) is 4.79 Å². The van der Waals surface area contributed by atoms with E-state index in [2.05, 4.69) is 18.8 Å². The maximum Gasteiger partial charge on any atom is 0.223 e. The van der Waals surface area contributed by atoms with E-state index in [-0.39, 0.29) is 5.91 Å². The molecule has 4 heteroatoms. The van der Waals surface area contributed by atoms with E-state index >= 15 is 0 Å². The van der Waals surface area contributed by atoms with Gasteiger partial charge in [-0.1, -0.05) is 19.9 Å². The van der Waals surface area contributed by atoms with Crippen LogP contribution < -0.4 is 0 Å². The van der Waals surface area contributed by atoms with Crippen molar-refractivity contribution in [3.05, 3.63) is 36.3 Å². The lowest BCUT2D eigenvalue weighted by molar-refractivity contribution is -0.132. The number of pyridine rings is 1. The third-order valence-electron chi connectivity index (χ3n) is 3.16. The van der Waals surface area contributed by atoms with Crippen LogP contribution in [0.4, 0.5) is 0 Å². The summed E-state index contributed by atoms with van der Waals surface area (Å²) in [6.45, 7) is 7.50. The molecule has 0 radical (unpaired) electrons. The second-order valence-electron chi connectivity index (χ2n) is 5.18. The van der Waals surface area contributed by atoms with E-state index in [0.29, 0.717) is 18.9 Å². The number of fused-ring (bicyclic) bond motifs is 1.